The van der Waals surface area contributed by atoms with Crippen LogP contribution in [0.1, 0.15) is 20.7 Å². The molecule has 2 aromatic heterocycles. The number of nitrogens with zero attached hydrogens (tertiary/aromatic N) is 2. The van der Waals surface area contributed by atoms with Gasteiger partial charge in [0, 0.05) is 18.7 Å². The highest BCUT2D eigenvalue weighted by atomic mass is 19.1. The Kier molecular flexibility index (Phi) is 5.13. The Morgan fingerprint density at radius 3 is 2.70 bits per heavy atom. The average molecular weight is 375 g/mol. The minimum absolute atomic E-state index is 0.183. The molecule has 0 saturated carbocycles. The second-order valence-electron chi connectivity index (χ2n) is 5.56. The van der Waals surface area contributed by atoms with Crippen molar-refractivity contribution in [2.24, 2.45) is 5.73 Å². The van der Waals surface area contributed by atoms with Gasteiger partial charge in [-0.05, 0) is 24.3 Å². The third kappa shape index (κ3) is 3.49. The van der Waals surface area contributed by atoms with Crippen molar-refractivity contribution >= 4 is 22.8 Å². The fraction of sp³-hybridized carbons (Fsp3) is 0.167. The molecule has 0 atom stereocenters. The average Bonchev–Trinajstić information content (AvgIpc) is 3.04. The van der Waals surface area contributed by atoms with E-state index >= 15 is 0 Å². The van der Waals surface area contributed by atoms with Gasteiger partial charge < -0.3 is 15.2 Å². The van der Waals surface area contributed by atoms with E-state index < -0.39 is 34.6 Å². The van der Waals surface area contributed by atoms with Crippen LogP contribution in [-0.2, 0) is 4.74 Å². The third-order valence-electron chi connectivity index (χ3n) is 3.85. The van der Waals surface area contributed by atoms with Crippen molar-refractivity contribution in [3.8, 4) is 5.75 Å². The molecule has 0 unspecified atom stereocenters. The Bertz CT molecular complexity index is 1030. The lowest BCUT2D eigenvalue weighted by Gasteiger charge is -2.09. The zero-order valence-corrected chi connectivity index (χ0v) is 14.2. The first-order valence-electron chi connectivity index (χ1n) is 7.85. The summed E-state index contributed by atoms with van der Waals surface area (Å²) in [6, 6.07) is 4.89. The zero-order chi connectivity index (χ0) is 19.6. The smallest absolute Gasteiger partial charge is 0.269 e. The lowest BCUT2D eigenvalue weighted by molar-refractivity contribution is 0.0955. The molecule has 7 nitrogen and oxygen atoms in total. The minimum Gasteiger partial charge on any atom is -0.490 e. The normalized spacial score (nSPS) is 10.9. The summed E-state index contributed by atoms with van der Waals surface area (Å²) in [5.74, 6) is -4.07. The van der Waals surface area contributed by atoms with Gasteiger partial charge in [0.2, 0.25) is 0 Å². The molecule has 140 valence electrons. The molecular weight excluding hydrogens is 360 g/mol. The van der Waals surface area contributed by atoms with Gasteiger partial charge in [0.1, 0.15) is 29.4 Å². The maximum absolute atomic E-state index is 14.4. The van der Waals surface area contributed by atoms with Crippen molar-refractivity contribution in [3.05, 3.63) is 59.4 Å². The van der Waals surface area contributed by atoms with Crippen LogP contribution in [0.2, 0.25) is 0 Å². The largest absolute Gasteiger partial charge is 0.490 e. The summed E-state index contributed by atoms with van der Waals surface area (Å²) in [4.78, 5) is 28.1. The summed E-state index contributed by atoms with van der Waals surface area (Å²) < 4.78 is 39.8. The summed E-state index contributed by atoms with van der Waals surface area (Å²) in [5.41, 5.74) is 3.78. The Labute approximate surface area is 152 Å². The van der Waals surface area contributed by atoms with E-state index in [1.54, 1.807) is 19.2 Å². The van der Waals surface area contributed by atoms with Crippen LogP contribution in [0.3, 0.4) is 0 Å². The van der Waals surface area contributed by atoms with Crippen molar-refractivity contribution in [2.75, 3.05) is 20.3 Å². The first-order chi connectivity index (χ1) is 12.9. The molecule has 0 aliphatic rings. The molecule has 2 N–H and O–H groups in total. The van der Waals surface area contributed by atoms with E-state index in [1.807, 2.05) is 0 Å². The van der Waals surface area contributed by atoms with E-state index in [-0.39, 0.29) is 5.65 Å². The predicted molar refractivity (Wildman–Crippen MR) is 91.7 cm³/mol. The van der Waals surface area contributed by atoms with Crippen LogP contribution in [0.4, 0.5) is 8.78 Å². The van der Waals surface area contributed by atoms with Crippen LogP contribution >= 0.6 is 0 Å². The van der Waals surface area contributed by atoms with Crippen molar-refractivity contribution < 1.29 is 27.8 Å². The number of halogens is 2. The highest BCUT2D eigenvalue weighted by Gasteiger charge is 2.25. The van der Waals surface area contributed by atoms with E-state index in [2.05, 4.69) is 4.98 Å². The molecule has 2 heterocycles. The number of aromatic nitrogens is 2. The van der Waals surface area contributed by atoms with Gasteiger partial charge >= 0.3 is 0 Å². The maximum atomic E-state index is 14.4. The van der Waals surface area contributed by atoms with E-state index in [4.69, 9.17) is 15.2 Å². The highest BCUT2D eigenvalue weighted by Crippen LogP contribution is 2.23. The maximum Gasteiger partial charge on any atom is 0.269 e. The number of amides is 1. The number of carbonyl (C=O) groups excluding carboxylic acids is 2. The molecule has 3 aromatic rings. The fourth-order valence-electron chi connectivity index (χ4n) is 2.55. The van der Waals surface area contributed by atoms with E-state index in [0.29, 0.717) is 24.3 Å². The van der Waals surface area contributed by atoms with Gasteiger partial charge in [0.15, 0.2) is 5.82 Å². The Balaban J connectivity index is 2.00. The molecule has 1 amide bonds. The topological polar surface area (TPSA) is 96.4 Å². The van der Waals surface area contributed by atoms with Crippen LogP contribution < -0.4 is 10.5 Å². The lowest BCUT2D eigenvalue weighted by atomic mass is 10.1. The molecule has 0 saturated heterocycles. The van der Waals surface area contributed by atoms with Crippen LogP contribution in [0, 0.1) is 11.6 Å². The van der Waals surface area contributed by atoms with Gasteiger partial charge in [0.05, 0.1) is 18.4 Å². The number of hydrogen-bond donors (Lipinski definition) is 1. The molecule has 0 fully saturated rings. The van der Waals surface area contributed by atoms with Gasteiger partial charge in [0.25, 0.3) is 11.8 Å². The van der Waals surface area contributed by atoms with Crippen molar-refractivity contribution in [3.63, 3.8) is 0 Å². The first kappa shape index (κ1) is 18.5. The molecule has 27 heavy (non-hydrogen) atoms. The number of benzene rings is 1. The van der Waals surface area contributed by atoms with Crippen LogP contribution in [0.25, 0.3) is 11.0 Å². The van der Waals surface area contributed by atoms with Gasteiger partial charge in [-0.3, -0.25) is 14.2 Å². The number of rotatable bonds is 6. The van der Waals surface area contributed by atoms with Gasteiger partial charge in [-0.15, -0.1) is 0 Å². The number of nitrogens with two attached hydrogens (primary N) is 1. The molecular formula is C18H15F2N3O4. The van der Waals surface area contributed by atoms with Crippen molar-refractivity contribution in [1.29, 1.82) is 0 Å². The second kappa shape index (κ2) is 7.50. The third-order valence-corrected chi connectivity index (χ3v) is 3.85. The standard InChI is InChI=1S/C18H15F2N3O4/c1-26-6-7-27-11-8-10-4-5-23(17(10)22-9-11)18(25)14-13(19)3-2-12(15(14)20)16(21)24/h2-5,8-9H,6-7H2,1H3,(H2,21,24). The summed E-state index contributed by atoms with van der Waals surface area (Å²) in [6.07, 6.45) is 2.71. The summed E-state index contributed by atoms with van der Waals surface area (Å²) >= 11 is 0. The zero-order valence-electron chi connectivity index (χ0n) is 14.2. The molecule has 0 aliphatic carbocycles. The Morgan fingerprint density at radius 2 is 2.00 bits per heavy atom. The van der Waals surface area contributed by atoms with Gasteiger partial charge in [-0.2, -0.15) is 0 Å². The first-order valence-corrected chi connectivity index (χ1v) is 7.85. The highest BCUT2D eigenvalue weighted by molar-refractivity contribution is 6.04. The van der Waals surface area contributed by atoms with Crippen LogP contribution in [-0.4, -0.2) is 41.7 Å². The number of ether oxygens (including phenoxy) is 2. The molecule has 0 aliphatic heterocycles. The summed E-state index contributed by atoms with van der Waals surface area (Å²) in [6.45, 7) is 0.714. The molecule has 9 heteroatoms. The number of methoxy groups -OCH3 is 1. The van der Waals surface area contributed by atoms with E-state index in [0.717, 1.165) is 16.7 Å². The Hall–Kier alpha value is -3.33. The number of pyridine rings is 1. The van der Waals surface area contributed by atoms with Gasteiger partial charge in [-0.1, -0.05) is 0 Å². The minimum atomic E-state index is -1.31. The number of hydrogen-bond acceptors (Lipinski definition) is 5. The molecule has 0 spiro atoms. The number of carbonyl (C=O) groups is 2. The quantitative estimate of drug-likeness (QED) is 0.666. The Morgan fingerprint density at radius 1 is 1.22 bits per heavy atom. The van der Waals surface area contributed by atoms with E-state index in [1.165, 1.54) is 12.4 Å². The monoisotopic (exact) mass is 375 g/mol. The molecule has 3 rings (SSSR count). The predicted octanol–water partition coefficient (Wildman–Crippen LogP) is 2.13. The molecule has 1 aromatic carbocycles. The van der Waals surface area contributed by atoms with Crippen molar-refractivity contribution in [2.45, 2.75) is 0 Å². The van der Waals surface area contributed by atoms with Gasteiger partial charge in [-0.25, -0.2) is 13.8 Å². The second-order valence-corrected chi connectivity index (χ2v) is 5.56. The number of primary amides is 1. The molecule has 0 bridgehead atoms. The number of fused-ring (bicyclic) bond motifs is 1. The lowest BCUT2D eigenvalue weighted by Crippen LogP contribution is -2.20. The summed E-state index contributed by atoms with van der Waals surface area (Å²) in [5, 5.41) is 0.533. The van der Waals surface area contributed by atoms with E-state index in [9.17, 15) is 18.4 Å². The van der Waals surface area contributed by atoms with Crippen LogP contribution in [0.15, 0.2) is 36.7 Å². The fourth-order valence-corrected chi connectivity index (χ4v) is 2.55. The molecule has 0 radical (unpaired) electrons. The van der Waals surface area contributed by atoms with Crippen molar-refractivity contribution in [1.82, 2.24) is 9.55 Å². The van der Waals surface area contributed by atoms with Crippen LogP contribution in [0.5, 0.6) is 5.75 Å². The SMILES string of the molecule is COCCOc1cnc2c(ccn2C(=O)c2c(F)ccc(C(N)=O)c2F)c1. The summed E-state index contributed by atoms with van der Waals surface area (Å²) in [7, 11) is 1.54.